The minimum absolute atomic E-state index is 0.0378. The second-order valence-electron chi connectivity index (χ2n) is 9.77. The Balaban J connectivity index is 0.000000359. The average molecular weight is 610 g/mol. The molecule has 1 aliphatic heterocycles. The molecule has 1 fully saturated rings. The summed E-state index contributed by atoms with van der Waals surface area (Å²) in [6, 6.07) is 17.5. The van der Waals surface area contributed by atoms with Gasteiger partial charge in [0.25, 0.3) is 15.7 Å². The molecule has 1 saturated heterocycles. The van der Waals surface area contributed by atoms with Crippen molar-refractivity contribution < 1.29 is 26.5 Å². The van der Waals surface area contributed by atoms with E-state index in [1.54, 1.807) is 37.4 Å². The number of halogens is 2. The summed E-state index contributed by atoms with van der Waals surface area (Å²) in [5.41, 5.74) is 6.42. The van der Waals surface area contributed by atoms with Crippen molar-refractivity contribution in [3.05, 3.63) is 94.3 Å². The van der Waals surface area contributed by atoms with Crippen LogP contribution in [-0.2, 0) is 17.2 Å². The van der Waals surface area contributed by atoms with Crippen molar-refractivity contribution in [3.63, 3.8) is 0 Å². The van der Waals surface area contributed by atoms with E-state index in [0.29, 0.717) is 24.6 Å². The van der Waals surface area contributed by atoms with Gasteiger partial charge in [0, 0.05) is 31.7 Å². The van der Waals surface area contributed by atoms with Crippen molar-refractivity contribution in [3.8, 4) is 34.2 Å². The van der Waals surface area contributed by atoms with Crippen LogP contribution in [0.5, 0.6) is 5.75 Å². The highest BCUT2D eigenvalue weighted by Gasteiger charge is 2.25. The molecule has 224 valence electrons. The van der Waals surface area contributed by atoms with Crippen molar-refractivity contribution in [1.29, 1.82) is 5.26 Å². The van der Waals surface area contributed by atoms with Gasteiger partial charge in [-0.05, 0) is 54.8 Å². The first-order valence-electron chi connectivity index (χ1n) is 13.1. The lowest BCUT2D eigenvalue weighted by Crippen LogP contribution is -2.42. The molecule has 1 aliphatic rings. The van der Waals surface area contributed by atoms with Crippen LogP contribution in [0.3, 0.4) is 0 Å². The molecular weight excluding hydrogens is 580 g/mol. The van der Waals surface area contributed by atoms with Crippen LogP contribution in [0.2, 0.25) is 0 Å². The maximum absolute atomic E-state index is 14.5. The minimum atomic E-state index is -4.00. The molecule has 3 aromatic carbocycles. The first kappa shape index (κ1) is 31.3. The van der Waals surface area contributed by atoms with Crippen LogP contribution in [0.15, 0.2) is 76.4 Å². The van der Waals surface area contributed by atoms with Gasteiger partial charge in [0.05, 0.1) is 28.8 Å². The van der Waals surface area contributed by atoms with E-state index in [4.69, 9.17) is 25.3 Å². The summed E-state index contributed by atoms with van der Waals surface area (Å²) in [7, 11) is -1.05. The number of ether oxygens (including phenoxy) is 1. The fraction of sp³-hybridized carbons (Fsp3) is 0.233. The van der Waals surface area contributed by atoms with Gasteiger partial charge in [-0.15, -0.1) is 0 Å². The van der Waals surface area contributed by atoms with Crippen molar-refractivity contribution in [2.75, 3.05) is 25.1 Å². The molecular formula is C30H29F2N5O5S. The molecule has 4 aromatic rings. The Morgan fingerprint density at radius 1 is 1.02 bits per heavy atom. The molecule has 10 nitrogen and oxygen atoms in total. The topological polar surface area (TPSA) is 152 Å². The van der Waals surface area contributed by atoms with Gasteiger partial charge in [-0.3, -0.25) is 13.9 Å². The van der Waals surface area contributed by atoms with Gasteiger partial charge in [0.1, 0.15) is 11.9 Å². The third kappa shape index (κ3) is 7.06. The van der Waals surface area contributed by atoms with Gasteiger partial charge in [-0.25, -0.2) is 13.8 Å². The van der Waals surface area contributed by atoms with Crippen LogP contribution >= 0.6 is 0 Å². The number of nitrogens with two attached hydrogens (primary N) is 1. The molecule has 0 aliphatic carbocycles. The number of benzene rings is 3. The Morgan fingerprint density at radius 2 is 1.65 bits per heavy atom. The highest BCUT2D eigenvalue weighted by atomic mass is 32.2. The maximum atomic E-state index is 14.5. The second-order valence-corrected chi connectivity index (χ2v) is 11.2. The van der Waals surface area contributed by atoms with Gasteiger partial charge in [0.15, 0.2) is 11.6 Å². The highest BCUT2D eigenvalue weighted by molar-refractivity contribution is 7.85. The number of rotatable bonds is 5. The van der Waals surface area contributed by atoms with E-state index in [9.17, 15) is 22.0 Å². The maximum Gasteiger partial charge on any atom is 0.294 e. The third-order valence-electron chi connectivity index (χ3n) is 6.93. The number of hydrogen-bond donors (Lipinski definition) is 2. The molecule has 5 rings (SSSR count). The third-order valence-corrected chi connectivity index (χ3v) is 7.80. The Morgan fingerprint density at radius 3 is 2.19 bits per heavy atom. The number of nitriles is 1. The van der Waals surface area contributed by atoms with E-state index in [1.165, 1.54) is 54.1 Å². The molecule has 0 spiro atoms. The molecule has 0 unspecified atom stereocenters. The van der Waals surface area contributed by atoms with E-state index in [1.807, 2.05) is 4.90 Å². The second kappa shape index (κ2) is 13.1. The molecule has 1 aromatic heterocycles. The zero-order valence-corrected chi connectivity index (χ0v) is 24.2. The van der Waals surface area contributed by atoms with E-state index < -0.39 is 27.3 Å². The molecule has 2 heterocycles. The quantitative estimate of drug-likeness (QED) is 0.318. The Kier molecular flexibility index (Phi) is 9.55. The number of nitrogens with zero attached hydrogens (tertiary/aromatic N) is 4. The first-order valence-corrected chi connectivity index (χ1v) is 14.6. The first-order chi connectivity index (χ1) is 20.4. The molecule has 43 heavy (non-hydrogen) atoms. The molecule has 0 bridgehead atoms. The smallest absolute Gasteiger partial charge is 0.294 e. The molecule has 0 radical (unpaired) electrons. The number of methoxy groups -OCH3 is 1. The number of piperidine rings is 1. The molecule has 13 heteroatoms. The number of anilines is 1. The summed E-state index contributed by atoms with van der Waals surface area (Å²) in [6.45, 7) is 1.25. The normalized spacial score (nSPS) is 13.6. The summed E-state index contributed by atoms with van der Waals surface area (Å²) >= 11 is 0. The molecule has 0 atom stereocenters. The Bertz CT molecular complexity index is 1830. The summed E-state index contributed by atoms with van der Waals surface area (Å²) in [5.74, 6) is -0.905. The van der Waals surface area contributed by atoms with Crippen LogP contribution in [0.25, 0.3) is 22.4 Å². The lowest BCUT2D eigenvalue weighted by molar-refractivity contribution is 0.386. The van der Waals surface area contributed by atoms with Crippen LogP contribution in [-0.4, -0.2) is 48.8 Å². The van der Waals surface area contributed by atoms with E-state index in [-0.39, 0.29) is 39.1 Å². The van der Waals surface area contributed by atoms with Gasteiger partial charge in [-0.1, -0.05) is 30.3 Å². The standard InChI is InChI=1S/C24H23F2N5O2.C6H6O3S/c1-30-23(32)21(14-5-6-20(33-2)19(26)11-14)22(15-3-4-16(13-27)18(25)12-15)29-24(30)31-9-7-17(28)8-10-31;7-10(8,9)6-4-2-1-3-5-6/h3-6,11-12,17H,7-10,28H2,1-2H3;1-5H,(H,7,8,9). The van der Waals surface area contributed by atoms with Crippen LogP contribution in [0.4, 0.5) is 14.7 Å². The highest BCUT2D eigenvalue weighted by Crippen LogP contribution is 2.33. The Hall–Kier alpha value is -4.64. The zero-order chi connectivity index (χ0) is 31.3. The van der Waals surface area contributed by atoms with Crippen LogP contribution < -0.4 is 20.9 Å². The predicted octanol–water partition coefficient (Wildman–Crippen LogP) is 4.13. The molecule has 3 N–H and O–H groups in total. The largest absolute Gasteiger partial charge is 0.494 e. The van der Waals surface area contributed by atoms with E-state index >= 15 is 0 Å². The van der Waals surface area contributed by atoms with Crippen molar-refractivity contribution in [2.45, 2.75) is 23.8 Å². The van der Waals surface area contributed by atoms with Gasteiger partial charge < -0.3 is 15.4 Å². The van der Waals surface area contributed by atoms with Crippen molar-refractivity contribution in [2.24, 2.45) is 12.8 Å². The fourth-order valence-electron chi connectivity index (χ4n) is 4.61. The monoisotopic (exact) mass is 609 g/mol. The summed E-state index contributed by atoms with van der Waals surface area (Å²) in [5, 5.41) is 9.08. The van der Waals surface area contributed by atoms with Gasteiger partial charge in [-0.2, -0.15) is 13.7 Å². The summed E-state index contributed by atoms with van der Waals surface area (Å²) in [6.07, 6.45) is 1.50. The Labute approximate surface area is 247 Å². The summed E-state index contributed by atoms with van der Waals surface area (Å²) in [4.78, 5) is 20.2. The van der Waals surface area contributed by atoms with Gasteiger partial charge in [0.2, 0.25) is 5.95 Å². The summed E-state index contributed by atoms with van der Waals surface area (Å²) < 4.78 is 64.6. The lowest BCUT2D eigenvalue weighted by Gasteiger charge is -2.32. The number of aromatic nitrogens is 2. The van der Waals surface area contributed by atoms with E-state index in [0.717, 1.165) is 12.8 Å². The SMILES string of the molecule is COc1ccc(-c2c(-c3ccc(C#N)c(F)c3)nc(N3CCC(N)CC3)n(C)c2=O)cc1F.O=S(=O)(O)c1ccccc1. The molecule has 0 saturated carbocycles. The van der Waals surface area contributed by atoms with Crippen LogP contribution in [0, 0.1) is 23.0 Å². The average Bonchev–Trinajstić information content (AvgIpc) is 2.99. The van der Waals surface area contributed by atoms with Crippen molar-refractivity contribution in [1.82, 2.24) is 9.55 Å². The predicted molar refractivity (Wildman–Crippen MR) is 157 cm³/mol. The zero-order valence-electron chi connectivity index (χ0n) is 23.4. The fourth-order valence-corrected chi connectivity index (χ4v) is 5.11. The van der Waals surface area contributed by atoms with Gasteiger partial charge >= 0.3 is 0 Å². The minimum Gasteiger partial charge on any atom is -0.494 e. The molecule has 0 amide bonds. The number of hydrogen-bond acceptors (Lipinski definition) is 8. The van der Waals surface area contributed by atoms with Crippen LogP contribution in [0.1, 0.15) is 18.4 Å². The van der Waals surface area contributed by atoms with E-state index in [2.05, 4.69) is 0 Å². The lowest BCUT2D eigenvalue weighted by atomic mass is 9.99. The van der Waals surface area contributed by atoms with Crippen molar-refractivity contribution >= 4 is 16.1 Å².